The minimum atomic E-state index is -0.295. The first-order valence-electron chi connectivity index (χ1n) is 8.90. The first-order valence-corrected chi connectivity index (χ1v) is 9.28. The van der Waals surface area contributed by atoms with Gasteiger partial charge in [-0.25, -0.2) is 4.99 Å². The number of anilines is 1. The lowest BCUT2D eigenvalue weighted by molar-refractivity contribution is -0.113. The number of methoxy groups -OCH3 is 1. The number of ether oxygens (including phenoxy) is 1. The fourth-order valence-corrected chi connectivity index (χ4v) is 3.33. The van der Waals surface area contributed by atoms with E-state index >= 15 is 0 Å². The highest BCUT2D eigenvalue weighted by atomic mass is 35.5. The van der Waals surface area contributed by atoms with Gasteiger partial charge < -0.3 is 9.84 Å². The lowest BCUT2D eigenvalue weighted by Gasteiger charge is -2.19. The molecule has 0 unspecified atom stereocenters. The maximum atomic E-state index is 13.3. The molecule has 144 valence electrons. The van der Waals surface area contributed by atoms with E-state index in [4.69, 9.17) is 16.3 Å². The van der Waals surface area contributed by atoms with Gasteiger partial charge in [-0.15, -0.1) is 0 Å². The lowest BCUT2D eigenvalue weighted by Crippen LogP contribution is -2.32. The quantitative estimate of drug-likeness (QED) is 0.630. The summed E-state index contributed by atoms with van der Waals surface area (Å²) in [6.07, 6.45) is 1.69. The zero-order valence-corrected chi connectivity index (χ0v) is 16.3. The van der Waals surface area contributed by atoms with E-state index in [1.54, 1.807) is 31.4 Å². The second-order valence-corrected chi connectivity index (χ2v) is 6.75. The maximum Gasteiger partial charge on any atom is 0.282 e. The summed E-state index contributed by atoms with van der Waals surface area (Å²) in [6.45, 7) is 0. The van der Waals surface area contributed by atoms with E-state index in [0.717, 1.165) is 5.56 Å². The molecule has 0 radical (unpaired) electrons. The van der Waals surface area contributed by atoms with Gasteiger partial charge in [-0.05, 0) is 48.5 Å². The van der Waals surface area contributed by atoms with Gasteiger partial charge in [-0.2, -0.15) is 0 Å². The van der Waals surface area contributed by atoms with Crippen molar-refractivity contribution in [2.45, 2.75) is 0 Å². The van der Waals surface area contributed by atoms with E-state index in [1.165, 1.54) is 17.0 Å². The molecular weight excluding hydrogens is 388 g/mol. The summed E-state index contributed by atoms with van der Waals surface area (Å²) in [5.41, 5.74) is 2.22. The average Bonchev–Trinajstić information content (AvgIpc) is 3.05. The summed E-state index contributed by atoms with van der Waals surface area (Å²) in [5.74, 6) is 0.885. The van der Waals surface area contributed by atoms with Crippen LogP contribution >= 0.6 is 11.6 Å². The standard InChI is InChI=1S/C23H17ClN2O3/c1-29-21-9-5-2-6-15(21)14-20-23(28)26(16-10-12-17(27)13-11-16)22(25-20)18-7-3-4-8-19(18)24/h2-14,27H,1H3/b20-14+. The summed E-state index contributed by atoms with van der Waals surface area (Å²) in [7, 11) is 1.58. The number of hydrogen-bond donors (Lipinski definition) is 1. The van der Waals surface area contributed by atoms with Crippen molar-refractivity contribution in [2.75, 3.05) is 12.0 Å². The minimum Gasteiger partial charge on any atom is -0.508 e. The molecule has 0 saturated heterocycles. The predicted molar refractivity (Wildman–Crippen MR) is 115 cm³/mol. The maximum absolute atomic E-state index is 13.3. The Hall–Kier alpha value is -3.57. The Morgan fingerprint density at radius 3 is 2.41 bits per heavy atom. The lowest BCUT2D eigenvalue weighted by atomic mass is 10.1. The normalized spacial score (nSPS) is 15.0. The molecule has 6 heteroatoms. The molecule has 1 heterocycles. The van der Waals surface area contributed by atoms with Gasteiger partial charge in [-0.1, -0.05) is 41.9 Å². The SMILES string of the molecule is COc1ccccc1/C=C1/N=C(c2ccccc2Cl)N(c2ccc(O)cc2)C1=O. The van der Waals surface area contributed by atoms with E-state index in [0.29, 0.717) is 27.9 Å². The Labute approximate surface area is 173 Å². The third-order valence-corrected chi connectivity index (χ3v) is 4.84. The second-order valence-electron chi connectivity index (χ2n) is 6.34. The highest BCUT2D eigenvalue weighted by Crippen LogP contribution is 2.32. The Morgan fingerprint density at radius 1 is 1.00 bits per heavy atom. The van der Waals surface area contributed by atoms with Crippen LogP contribution < -0.4 is 9.64 Å². The zero-order valence-electron chi connectivity index (χ0n) is 15.5. The number of hydrogen-bond acceptors (Lipinski definition) is 4. The highest BCUT2D eigenvalue weighted by Gasteiger charge is 2.33. The van der Waals surface area contributed by atoms with Crippen LogP contribution in [0.25, 0.3) is 6.08 Å². The predicted octanol–water partition coefficient (Wildman–Crippen LogP) is 4.89. The molecule has 5 nitrogen and oxygen atoms in total. The van der Waals surface area contributed by atoms with E-state index in [-0.39, 0.29) is 17.4 Å². The van der Waals surface area contributed by atoms with Crippen molar-refractivity contribution in [3.8, 4) is 11.5 Å². The second kappa shape index (κ2) is 7.81. The van der Waals surface area contributed by atoms with Crippen LogP contribution in [0.15, 0.2) is 83.5 Å². The molecule has 1 aliphatic rings. The van der Waals surface area contributed by atoms with Crippen molar-refractivity contribution >= 4 is 35.1 Å². The van der Waals surface area contributed by atoms with E-state index in [2.05, 4.69) is 4.99 Å². The number of nitrogens with zero attached hydrogens (tertiary/aromatic N) is 2. The monoisotopic (exact) mass is 404 g/mol. The average molecular weight is 405 g/mol. The molecule has 0 atom stereocenters. The number of aromatic hydroxyl groups is 1. The van der Waals surface area contributed by atoms with Crippen LogP contribution in [-0.2, 0) is 4.79 Å². The van der Waals surface area contributed by atoms with Gasteiger partial charge in [0.05, 0.1) is 17.8 Å². The molecule has 0 bridgehead atoms. The summed E-state index contributed by atoms with van der Waals surface area (Å²) in [6, 6.07) is 21.0. The third-order valence-electron chi connectivity index (χ3n) is 4.51. The van der Waals surface area contributed by atoms with Crippen molar-refractivity contribution in [1.82, 2.24) is 0 Å². The van der Waals surface area contributed by atoms with Gasteiger partial charge in [-0.3, -0.25) is 9.69 Å². The highest BCUT2D eigenvalue weighted by molar-refractivity contribution is 6.39. The first kappa shape index (κ1) is 18.8. The number of rotatable bonds is 4. The van der Waals surface area contributed by atoms with Crippen LogP contribution in [0.4, 0.5) is 5.69 Å². The van der Waals surface area contributed by atoms with E-state index in [1.807, 2.05) is 42.5 Å². The number of halogens is 1. The Bertz CT molecular complexity index is 1140. The van der Waals surface area contributed by atoms with E-state index < -0.39 is 0 Å². The molecule has 1 aliphatic heterocycles. The molecule has 1 amide bonds. The summed E-state index contributed by atoms with van der Waals surface area (Å²) in [4.78, 5) is 19.4. The van der Waals surface area contributed by atoms with Crippen LogP contribution in [0.1, 0.15) is 11.1 Å². The Kier molecular flexibility index (Phi) is 5.06. The minimum absolute atomic E-state index is 0.112. The number of carbonyl (C=O) groups excluding carboxylic acids is 1. The van der Waals surface area contributed by atoms with Gasteiger partial charge in [0.2, 0.25) is 0 Å². The topological polar surface area (TPSA) is 62.1 Å². The smallest absolute Gasteiger partial charge is 0.282 e. The van der Waals surface area contributed by atoms with Crippen LogP contribution in [0.2, 0.25) is 5.02 Å². The molecule has 3 aromatic carbocycles. The molecule has 4 rings (SSSR count). The first-order chi connectivity index (χ1) is 14.1. The van der Waals surface area contributed by atoms with Gasteiger partial charge in [0, 0.05) is 11.1 Å². The Balaban J connectivity index is 1.86. The number of carbonyl (C=O) groups is 1. The van der Waals surface area contributed by atoms with Crippen molar-refractivity contribution in [2.24, 2.45) is 4.99 Å². The van der Waals surface area contributed by atoms with Crippen molar-refractivity contribution in [3.05, 3.63) is 94.6 Å². The number of para-hydroxylation sites is 1. The molecule has 29 heavy (non-hydrogen) atoms. The van der Waals surface area contributed by atoms with Crippen molar-refractivity contribution < 1.29 is 14.6 Å². The number of benzene rings is 3. The molecule has 0 spiro atoms. The summed E-state index contributed by atoms with van der Waals surface area (Å²) < 4.78 is 5.38. The van der Waals surface area contributed by atoms with Crippen LogP contribution in [-0.4, -0.2) is 24.0 Å². The molecule has 0 fully saturated rings. The number of phenols is 1. The van der Waals surface area contributed by atoms with Gasteiger partial charge in [0.15, 0.2) is 0 Å². The largest absolute Gasteiger partial charge is 0.508 e. The zero-order chi connectivity index (χ0) is 20.4. The van der Waals surface area contributed by atoms with Crippen molar-refractivity contribution in [3.63, 3.8) is 0 Å². The van der Waals surface area contributed by atoms with Gasteiger partial charge in [0.25, 0.3) is 5.91 Å². The third kappa shape index (κ3) is 3.60. The Morgan fingerprint density at radius 2 is 1.69 bits per heavy atom. The summed E-state index contributed by atoms with van der Waals surface area (Å²) in [5, 5.41) is 10.1. The molecule has 1 N–H and O–H groups in total. The molecule has 3 aromatic rings. The number of aliphatic imine (C=N–C) groups is 1. The summed E-state index contributed by atoms with van der Waals surface area (Å²) >= 11 is 6.39. The van der Waals surface area contributed by atoms with Gasteiger partial charge in [0.1, 0.15) is 23.0 Å². The molecule has 0 saturated carbocycles. The van der Waals surface area contributed by atoms with E-state index in [9.17, 15) is 9.90 Å². The van der Waals surface area contributed by atoms with Crippen LogP contribution in [0.3, 0.4) is 0 Å². The van der Waals surface area contributed by atoms with Crippen LogP contribution in [0, 0.1) is 0 Å². The fourth-order valence-electron chi connectivity index (χ4n) is 3.11. The molecular formula is C23H17ClN2O3. The number of amidine groups is 1. The fraction of sp³-hybridized carbons (Fsp3) is 0.0435. The number of phenolic OH excluding ortho intramolecular Hbond substituents is 1. The van der Waals surface area contributed by atoms with Crippen molar-refractivity contribution in [1.29, 1.82) is 0 Å². The molecule has 0 aromatic heterocycles. The van der Waals surface area contributed by atoms with Crippen LogP contribution in [0.5, 0.6) is 11.5 Å². The van der Waals surface area contributed by atoms with Gasteiger partial charge >= 0.3 is 0 Å². The molecule has 0 aliphatic carbocycles. The number of amides is 1.